The number of likely N-dealkylation sites (tertiary alicyclic amines) is 1. The molecular weight excluding hydrogens is 258 g/mol. The Morgan fingerprint density at radius 3 is 2.90 bits per heavy atom. The third kappa shape index (κ3) is 5.88. The average molecular weight is 285 g/mol. The Labute approximate surface area is 121 Å². The normalized spacial score (nSPS) is 18.9. The van der Waals surface area contributed by atoms with E-state index >= 15 is 0 Å². The van der Waals surface area contributed by atoms with Gasteiger partial charge in [-0.05, 0) is 25.7 Å². The maximum absolute atomic E-state index is 12.1. The molecule has 1 aliphatic heterocycles. The Morgan fingerprint density at radius 1 is 1.40 bits per heavy atom. The van der Waals surface area contributed by atoms with Crippen molar-refractivity contribution >= 4 is 11.8 Å². The fourth-order valence-corrected chi connectivity index (χ4v) is 2.38. The molecule has 0 spiro atoms. The van der Waals surface area contributed by atoms with E-state index in [9.17, 15) is 9.59 Å². The van der Waals surface area contributed by atoms with Crippen molar-refractivity contribution in [3.05, 3.63) is 0 Å². The number of hydrogen-bond acceptors (Lipinski definition) is 4. The number of hydrogen-bond donors (Lipinski definition) is 2. The number of carbonyl (C=O) groups excluding carboxylic acids is 2. The molecule has 1 fully saturated rings. The molecule has 6 heteroatoms. The predicted molar refractivity (Wildman–Crippen MR) is 77.1 cm³/mol. The van der Waals surface area contributed by atoms with Gasteiger partial charge in [0.15, 0.2) is 0 Å². The van der Waals surface area contributed by atoms with E-state index in [1.807, 2.05) is 11.8 Å². The molecule has 0 saturated carbocycles. The van der Waals surface area contributed by atoms with Gasteiger partial charge in [0, 0.05) is 38.7 Å². The zero-order valence-corrected chi connectivity index (χ0v) is 12.4. The molecule has 1 saturated heterocycles. The van der Waals surface area contributed by atoms with E-state index in [4.69, 9.17) is 10.5 Å². The van der Waals surface area contributed by atoms with E-state index in [2.05, 4.69) is 5.32 Å². The van der Waals surface area contributed by atoms with Crippen LogP contribution in [0.25, 0.3) is 0 Å². The molecule has 2 amide bonds. The maximum Gasteiger partial charge on any atom is 0.248 e. The Bertz CT molecular complexity index is 310. The van der Waals surface area contributed by atoms with Crippen LogP contribution in [0.2, 0.25) is 0 Å². The number of nitrogens with one attached hydrogen (secondary N) is 1. The molecule has 20 heavy (non-hydrogen) atoms. The molecule has 0 radical (unpaired) electrons. The molecular formula is C14H27N3O3. The van der Waals surface area contributed by atoms with Crippen LogP contribution in [0.5, 0.6) is 0 Å². The second-order valence-corrected chi connectivity index (χ2v) is 5.13. The number of rotatable bonds is 8. The molecule has 1 atom stereocenters. The van der Waals surface area contributed by atoms with E-state index in [-0.39, 0.29) is 24.5 Å². The van der Waals surface area contributed by atoms with Gasteiger partial charge in [0.2, 0.25) is 11.8 Å². The summed E-state index contributed by atoms with van der Waals surface area (Å²) >= 11 is 0. The molecule has 1 rings (SSSR count). The zero-order chi connectivity index (χ0) is 14.8. The molecule has 6 nitrogen and oxygen atoms in total. The minimum atomic E-state index is -0.0484. The molecule has 0 aromatic heterocycles. The van der Waals surface area contributed by atoms with Gasteiger partial charge in [-0.15, -0.1) is 0 Å². The predicted octanol–water partition coefficient (Wildman–Crippen LogP) is 0.259. The third-order valence-electron chi connectivity index (χ3n) is 3.43. The summed E-state index contributed by atoms with van der Waals surface area (Å²) in [5.74, 6) is -0.0241. The van der Waals surface area contributed by atoms with Crippen LogP contribution in [-0.4, -0.2) is 55.6 Å². The van der Waals surface area contributed by atoms with Gasteiger partial charge in [0.1, 0.15) is 6.61 Å². The molecule has 1 aliphatic rings. The summed E-state index contributed by atoms with van der Waals surface area (Å²) in [6, 6.07) is 0.0863. The fraction of sp³-hybridized carbons (Fsp3) is 0.857. The Hall–Kier alpha value is -1.14. The number of nitrogens with two attached hydrogens (primary N) is 1. The Balaban J connectivity index is 2.40. The van der Waals surface area contributed by atoms with Gasteiger partial charge in [0.05, 0.1) is 0 Å². The van der Waals surface area contributed by atoms with Crippen molar-refractivity contribution in [3.8, 4) is 0 Å². The van der Waals surface area contributed by atoms with Gasteiger partial charge in [-0.25, -0.2) is 0 Å². The van der Waals surface area contributed by atoms with Gasteiger partial charge in [-0.1, -0.05) is 6.92 Å². The van der Waals surface area contributed by atoms with E-state index in [0.29, 0.717) is 26.1 Å². The molecule has 1 heterocycles. The third-order valence-corrected chi connectivity index (χ3v) is 3.43. The van der Waals surface area contributed by atoms with Crippen molar-refractivity contribution in [1.29, 1.82) is 0 Å². The zero-order valence-electron chi connectivity index (χ0n) is 12.4. The van der Waals surface area contributed by atoms with E-state index in [0.717, 1.165) is 32.2 Å². The van der Waals surface area contributed by atoms with Crippen LogP contribution in [0.1, 0.15) is 39.0 Å². The summed E-state index contributed by atoms with van der Waals surface area (Å²) in [4.78, 5) is 25.4. The van der Waals surface area contributed by atoms with Crippen molar-refractivity contribution in [3.63, 3.8) is 0 Å². The van der Waals surface area contributed by atoms with Crippen LogP contribution in [0.15, 0.2) is 0 Å². The maximum atomic E-state index is 12.1. The van der Waals surface area contributed by atoms with Crippen molar-refractivity contribution < 1.29 is 14.3 Å². The highest BCUT2D eigenvalue weighted by molar-refractivity contribution is 5.78. The quantitative estimate of drug-likeness (QED) is 0.627. The first-order valence-electron chi connectivity index (χ1n) is 7.53. The molecule has 1 unspecified atom stereocenters. The topological polar surface area (TPSA) is 84.7 Å². The van der Waals surface area contributed by atoms with Crippen molar-refractivity contribution in [2.24, 2.45) is 5.73 Å². The lowest BCUT2D eigenvalue weighted by atomic mass is 10.0. The highest BCUT2D eigenvalue weighted by atomic mass is 16.5. The first kappa shape index (κ1) is 16.9. The van der Waals surface area contributed by atoms with Crippen LogP contribution in [0.3, 0.4) is 0 Å². The minimum absolute atomic E-state index is 0.0243. The number of nitrogens with zero attached hydrogens (tertiary/aromatic N) is 1. The second kappa shape index (κ2) is 9.72. The lowest BCUT2D eigenvalue weighted by molar-refractivity contribution is -0.140. The molecule has 0 aromatic carbocycles. The van der Waals surface area contributed by atoms with Crippen LogP contribution in [0, 0.1) is 0 Å². The first-order valence-corrected chi connectivity index (χ1v) is 7.53. The van der Waals surface area contributed by atoms with Gasteiger partial charge in [-0.3, -0.25) is 9.59 Å². The van der Waals surface area contributed by atoms with Gasteiger partial charge in [0.25, 0.3) is 0 Å². The Morgan fingerprint density at radius 2 is 2.20 bits per heavy atom. The summed E-state index contributed by atoms with van der Waals surface area (Å²) in [6.45, 7) is 4.38. The number of amides is 2. The largest absolute Gasteiger partial charge is 0.372 e. The average Bonchev–Trinajstić information content (AvgIpc) is 2.46. The summed E-state index contributed by atoms with van der Waals surface area (Å²) < 4.78 is 5.32. The van der Waals surface area contributed by atoms with Crippen molar-refractivity contribution in [1.82, 2.24) is 10.2 Å². The first-order chi connectivity index (χ1) is 9.69. The molecule has 116 valence electrons. The highest BCUT2D eigenvalue weighted by Crippen LogP contribution is 2.16. The van der Waals surface area contributed by atoms with Crippen molar-refractivity contribution in [2.45, 2.75) is 45.1 Å². The van der Waals surface area contributed by atoms with Crippen molar-refractivity contribution in [2.75, 3.05) is 32.8 Å². The number of ether oxygens (including phenoxy) is 1. The van der Waals surface area contributed by atoms with Crippen LogP contribution >= 0.6 is 0 Å². The molecule has 0 aliphatic carbocycles. The summed E-state index contributed by atoms with van der Waals surface area (Å²) in [6.07, 6.45) is 4.29. The van der Waals surface area contributed by atoms with Gasteiger partial charge >= 0.3 is 0 Å². The van der Waals surface area contributed by atoms with Gasteiger partial charge < -0.3 is 20.7 Å². The minimum Gasteiger partial charge on any atom is -0.372 e. The Kier molecular flexibility index (Phi) is 8.22. The van der Waals surface area contributed by atoms with Gasteiger partial charge in [-0.2, -0.15) is 0 Å². The van der Waals surface area contributed by atoms with E-state index in [1.165, 1.54) is 0 Å². The van der Waals surface area contributed by atoms with Crippen LogP contribution < -0.4 is 11.1 Å². The van der Waals surface area contributed by atoms with E-state index < -0.39 is 0 Å². The number of carbonyl (C=O) groups is 2. The molecule has 0 bridgehead atoms. The standard InChI is InChI=1S/C14H27N3O3/c1-2-9-20-11-14(19)17-8-4-3-5-12(17)10-16-13(18)6-7-15/h12H,2-11,15H2,1H3,(H,16,18). The number of piperidine rings is 1. The van der Waals surface area contributed by atoms with Crippen LogP contribution in [-0.2, 0) is 14.3 Å². The van der Waals surface area contributed by atoms with E-state index in [1.54, 1.807) is 0 Å². The molecule has 3 N–H and O–H groups in total. The SMILES string of the molecule is CCCOCC(=O)N1CCCCC1CNC(=O)CCN. The van der Waals surface area contributed by atoms with Crippen LogP contribution in [0.4, 0.5) is 0 Å². The summed E-state index contributed by atoms with van der Waals surface area (Å²) in [7, 11) is 0. The monoisotopic (exact) mass is 285 g/mol. The second-order valence-electron chi connectivity index (χ2n) is 5.13. The summed E-state index contributed by atoms with van der Waals surface area (Å²) in [5.41, 5.74) is 5.34. The summed E-state index contributed by atoms with van der Waals surface area (Å²) in [5, 5.41) is 2.85. The smallest absolute Gasteiger partial charge is 0.248 e. The lowest BCUT2D eigenvalue weighted by Crippen LogP contribution is -2.50. The highest BCUT2D eigenvalue weighted by Gasteiger charge is 2.26. The lowest BCUT2D eigenvalue weighted by Gasteiger charge is -2.35. The fourth-order valence-electron chi connectivity index (χ4n) is 2.38. The molecule has 0 aromatic rings.